The van der Waals surface area contributed by atoms with E-state index in [-0.39, 0.29) is 16.6 Å². The van der Waals surface area contributed by atoms with Crippen molar-refractivity contribution in [3.8, 4) is 0 Å². The monoisotopic (exact) mass is 328 g/mol. The van der Waals surface area contributed by atoms with Gasteiger partial charge in [0.2, 0.25) is 5.91 Å². The molecule has 0 aromatic heterocycles. The highest BCUT2D eigenvalue weighted by Gasteiger charge is 2.09. The Labute approximate surface area is 129 Å². The van der Waals surface area contributed by atoms with Crippen LogP contribution in [-0.4, -0.2) is 11.7 Å². The van der Waals surface area contributed by atoms with Crippen LogP contribution in [0.3, 0.4) is 0 Å². The average molecular weight is 329 g/mol. The highest BCUT2D eigenvalue weighted by atomic mass is 35.5. The quantitative estimate of drug-likeness (QED) is 0.660. The van der Waals surface area contributed by atoms with Gasteiger partial charge in [0.15, 0.2) is 0 Å². The van der Waals surface area contributed by atoms with E-state index in [2.05, 4.69) is 5.32 Å². The molecule has 0 saturated heterocycles. The fourth-order valence-corrected chi connectivity index (χ4v) is 2.47. The maximum absolute atomic E-state index is 13.4. The lowest BCUT2D eigenvalue weighted by molar-refractivity contribution is -0.113. The van der Waals surface area contributed by atoms with Gasteiger partial charge in [-0.15, -0.1) is 11.8 Å². The third-order valence-corrected chi connectivity index (χ3v) is 3.82. The van der Waals surface area contributed by atoms with Crippen molar-refractivity contribution in [2.24, 2.45) is 0 Å². The second-order valence-electron chi connectivity index (χ2n) is 4.14. The zero-order chi connectivity index (χ0) is 15.4. The van der Waals surface area contributed by atoms with E-state index in [1.807, 2.05) is 0 Å². The lowest BCUT2D eigenvalue weighted by Crippen LogP contribution is -2.15. The molecule has 21 heavy (non-hydrogen) atoms. The Morgan fingerprint density at radius 3 is 2.67 bits per heavy atom. The van der Waals surface area contributed by atoms with E-state index in [0.29, 0.717) is 16.4 Å². The summed E-state index contributed by atoms with van der Waals surface area (Å²) in [6.07, 6.45) is 0. The summed E-state index contributed by atoms with van der Waals surface area (Å²) in [4.78, 5) is 12.0. The van der Waals surface area contributed by atoms with E-state index in [4.69, 9.17) is 17.3 Å². The summed E-state index contributed by atoms with van der Waals surface area (Å²) in [6, 6.07) is 7.90. The Kier molecular flexibility index (Phi) is 5.03. The molecule has 2 rings (SSSR count). The van der Waals surface area contributed by atoms with Crippen LogP contribution >= 0.6 is 23.4 Å². The summed E-state index contributed by atoms with van der Waals surface area (Å²) in [6.45, 7) is 0. The Balaban J connectivity index is 1.96. The van der Waals surface area contributed by atoms with Gasteiger partial charge in [-0.05, 0) is 30.3 Å². The average Bonchev–Trinajstić information content (AvgIpc) is 2.41. The van der Waals surface area contributed by atoms with E-state index in [9.17, 15) is 13.6 Å². The van der Waals surface area contributed by atoms with Crippen LogP contribution < -0.4 is 11.1 Å². The third kappa shape index (κ3) is 4.34. The molecule has 0 spiro atoms. The molecule has 0 unspecified atom stereocenters. The van der Waals surface area contributed by atoms with Crippen molar-refractivity contribution in [2.45, 2.75) is 4.90 Å². The molecule has 1 amide bonds. The van der Waals surface area contributed by atoms with Crippen LogP contribution in [0.4, 0.5) is 20.2 Å². The molecule has 3 N–H and O–H groups in total. The number of benzene rings is 2. The molecule has 110 valence electrons. The minimum atomic E-state index is -0.696. The van der Waals surface area contributed by atoms with E-state index in [1.165, 1.54) is 12.1 Å². The number of nitrogens with one attached hydrogen (secondary N) is 1. The van der Waals surface area contributed by atoms with Gasteiger partial charge in [-0.2, -0.15) is 0 Å². The first-order chi connectivity index (χ1) is 9.95. The third-order valence-electron chi connectivity index (χ3n) is 2.54. The number of thioether (sulfide) groups is 1. The van der Waals surface area contributed by atoms with Crippen LogP contribution in [0.15, 0.2) is 41.3 Å². The van der Waals surface area contributed by atoms with Gasteiger partial charge in [-0.25, -0.2) is 8.78 Å². The van der Waals surface area contributed by atoms with Gasteiger partial charge in [0.1, 0.15) is 11.6 Å². The van der Waals surface area contributed by atoms with Crippen molar-refractivity contribution >= 4 is 40.6 Å². The van der Waals surface area contributed by atoms with E-state index < -0.39 is 11.6 Å². The topological polar surface area (TPSA) is 55.1 Å². The molecule has 2 aromatic rings. The molecule has 0 saturated carbocycles. The number of halogens is 3. The minimum Gasteiger partial charge on any atom is -0.397 e. The van der Waals surface area contributed by atoms with Crippen LogP contribution in [0.1, 0.15) is 0 Å². The predicted octanol–water partition coefficient (Wildman–Crippen LogP) is 3.93. The largest absolute Gasteiger partial charge is 0.397 e. The Bertz CT molecular complexity index is 682. The van der Waals surface area contributed by atoms with Gasteiger partial charge in [0.05, 0.1) is 17.1 Å². The van der Waals surface area contributed by atoms with E-state index >= 15 is 0 Å². The van der Waals surface area contributed by atoms with Crippen LogP contribution in [0.2, 0.25) is 5.02 Å². The van der Waals surface area contributed by atoms with Crippen molar-refractivity contribution < 1.29 is 13.6 Å². The molecule has 0 bridgehead atoms. The van der Waals surface area contributed by atoms with Crippen LogP contribution in [0.25, 0.3) is 0 Å². The normalized spacial score (nSPS) is 10.4. The number of carbonyl (C=O) groups excluding carboxylic acids is 1. The SMILES string of the molecule is Nc1cc(Cl)ccc1NC(=O)CSc1ccc(F)cc1F. The first-order valence-corrected chi connectivity index (χ1v) is 7.25. The van der Waals surface area contributed by atoms with Gasteiger partial charge in [0.25, 0.3) is 0 Å². The van der Waals surface area contributed by atoms with Crippen molar-refractivity contribution in [3.05, 3.63) is 53.1 Å². The molecule has 2 aromatic carbocycles. The maximum Gasteiger partial charge on any atom is 0.234 e. The summed E-state index contributed by atoms with van der Waals surface area (Å²) in [5.41, 5.74) is 6.49. The minimum absolute atomic E-state index is 0.0232. The number of nitrogen functional groups attached to an aromatic ring is 1. The number of anilines is 2. The molecule has 0 radical (unpaired) electrons. The summed E-state index contributed by atoms with van der Waals surface area (Å²) in [5, 5.41) is 3.06. The predicted molar refractivity (Wildman–Crippen MR) is 81.6 cm³/mol. The summed E-state index contributed by atoms with van der Waals surface area (Å²) < 4.78 is 26.2. The Hall–Kier alpha value is -1.79. The number of rotatable bonds is 4. The van der Waals surface area contributed by atoms with Crippen LogP contribution in [0.5, 0.6) is 0 Å². The van der Waals surface area contributed by atoms with Crippen molar-refractivity contribution in [2.75, 3.05) is 16.8 Å². The molecule has 0 heterocycles. The van der Waals surface area contributed by atoms with Crippen molar-refractivity contribution in [1.29, 1.82) is 0 Å². The smallest absolute Gasteiger partial charge is 0.234 e. The highest BCUT2D eigenvalue weighted by molar-refractivity contribution is 8.00. The Morgan fingerprint density at radius 2 is 2.00 bits per heavy atom. The summed E-state index contributed by atoms with van der Waals surface area (Å²) >= 11 is 6.73. The molecule has 0 aliphatic carbocycles. The van der Waals surface area contributed by atoms with Crippen molar-refractivity contribution in [3.63, 3.8) is 0 Å². The fraction of sp³-hybridized carbons (Fsp3) is 0.0714. The lowest BCUT2D eigenvalue weighted by Gasteiger charge is -2.08. The second-order valence-corrected chi connectivity index (χ2v) is 5.60. The maximum atomic E-state index is 13.4. The molecule has 0 fully saturated rings. The summed E-state index contributed by atoms with van der Waals surface area (Å²) in [5.74, 6) is -1.73. The van der Waals surface area contributed by atoms with Gasteiger partial charge < -0.3 is 11.1 Å². The fourth-order valence-electron chi connectivity index (χ4n) is 1.57. The lowest BCUT2D eigenvalue weighted by atomic mass is 10.2. The van der Waals surface area contributed by atoms with Gasteiger partial charge in [-0.3, -0.25) is 4.79 Å². The van der Waals surface area contributed by atoms with Gasteiger partial charge in [-0.1, -0.05) is 11.6 Å². The molecule has 0 aliphatic rings. The van der Waals surface area contributed by atoms with Crippen LogP contribution in [0, 0.1) is 11.6 Å². The molecule has 0 aliphatic heterocycles. The first kappa shape index (κ1) is 15.6. The molecular formula is C14H11ClF2N2OS. The second kappa shape index (κ2) is 6.78. The van der Waals surface area contributed by atoms with E-state index in [1.54, 1.807) is 12.1 Å². The van der Waals surface area contributed by atoms with E-state index in [0.717, 1.165) is 23.9 Å². The summed E-state index contributed by atoms with van der Waals surface area (Å²) in [7, 11) is 0. The number of amides is 1. The van der Waals surface area contributed by atoms with Gasteiger partial charge in [0, 0.05) is 16.0 Å². The molecule has 7 heteroatoms. The Morgan fingerprint density at radius 1 is 1.24 bits per heavy atom. The highest BCUT2D eigenvalue weighted by Crippen LogP contribution is 2.25. The number of carbonyl (C=O) groups is 1. The molecule has 0 atom stereocenters. The number of hydrogen-bond donors (Lipinski definition) is 2. The van der Waals surface area contributed by atoms with Gasteiger partial charge >= 0.3 is 0 Å². The first-order valence-electron chi connectivity index (χ1n) is 5.88. The van der Waals surface area contributed by atoms with Crippen molar-refractivity contribution in [1.82, 2.24) is 0 Å². The molecule has 3 nitrogen and oxygen atoms in total. The number of nitrogens with two attached hydrogens (primary N) is 1. The zero-order valence-corrected chi connectivity index (χ0v) is 12.3. The number of hydrogen-bond acceptors (Lipinski definition) is 3. The standard InChI is InChI=1S/C14H11ClF2N2OS/c15-8-1-3-12(11(18)5-8)19-14(20)7-21-13-4-2-9(16)6-10(13)17/h1-6H,7,18H2,(H,19,20). The van der Waals surface area contributed by atoms with Crippen LogP contribution in [-0.2, 0) is 4.79 Å². The molecular weight excluding hydrogens is 318 g/mol. The zero-order valence-electron chi connectivity index (χ0n) is 10.7.